The van der Waals surface area contributed by atoms with Gasteiger partial charge in [-0.25, -0.2) is 0 Å². The summed E-state index contributed by atoms with van der Waals surface area (Å²) in [7, 11) is 0. The number of hydrazine groups is 1. The van der Waals surface area contributed by atoms with Crippen LogP contribution >= 0.6 is 0 Å². The SMILES string of the molecule is CCC(Nc1cccc(NN)c1[N+](=O)[O-])C1CCCCC1. The van der Waals surface area contributed by atoms with Gasteiger partial charge in [-0.15, -0.1) is 0 Å². The predicted molar refractivity (Wildman–Crippen MR) is 85.2 cm³/mol. The molecule has 6 heteroatoms. The molecule has 1 aromatic rings. The zero-order valence-electron chi connectivity index (χ0n) is 12.5. The van der Waals surface area contributed by atoms with Gasteiger partial charge in [0.1, 0.15) is 11.4 Å². The quantitative estimate of drug-likeness (QED) is 0.423. The van der Waals surface area contributed by atoms with E-state index in [2.05, 4.69) is 17.7 Å². The van der Waals surface area contributed by atoms with E-state index in [1.807, 2.05) is 0 Å². The largest absolute Gasteiger partial charge is 0.376 e. The highest BCUT2D eigenvalue weighted by atomic mass is 16.6. The van der Waals surface area contributed by atoms with Crippen molar-refractivity contribution in [2.75, 3.05) is 10.7 Å². The summed E-state index contributed by atoms with van der Waals surface area (Å²) >= 11 is 0. The second-order valence-electron chi connectivity index (χ2n) is 5.66. The second kappa shape index (κ2) is 7.26. The molecule has 116 valence electrons. The monoisotopic (exact) mass is 292 g/mol. The average Bonchev–Trinajstić information content (AvgIpc) is 2.52. The van der Waals surface area contributed by atoms with Crippen LogP contribution in [0.2, 0.25) is 0 Å². The Hall–Kier alpha value is -1.82. The van der Waals surface area contributed by atoms with Crippen molar-refractivity contribution in [2.24, 2.45) is 11.8 Å². The van der Waals surface area contributed by atoms with E-state index >= 15 is 0 Å². The molecule has 0 aliphatic heterocycles. The summed E-state index contributed by atoms with van der Waals surface area (Å²) in [6.45, 7) is 2.13. The van der Waals surface area contributed by atoms with E-state index in [-0.39, 0.29) is 16.7 Å². The molecule has 0 amide bonds. The van der Waals surface area contributed by atoms with Crippen LogP contribution in [0.4, 0.5) is 17.1 Å². The summed E-state index contributed by atoms with van der Waals surface area (Å²) in [5.41, 5.74) is 3.31. The summed E-state index contributed by atoms with van der Waals surface area (Å²) in [6, 6.07) is 5.42. The molecular formula is C15H24N4O2. The fourth-order valence-electron chi connectivity index (χ4n) is 3.26. The van der Waals surface area contributed by atoms with E-state index in [1.54, 1.807) is 18.2 Å². The average molecular weight is 292 g/mol. The van der Waals surface area contributed by atoms with Gasteiger partial charge in [-0.3, -0.25) is 16.0 Å². The fraction of sp³-hybridized carbons (Fsp3) is 0.600. The van der Waals surface area contributed by atoms with Gasteiger partial charge in [-0.2, -0.15) is 0 Å². The first-order valence-electron chi connectivity index (χ1n) is 7.68. The number of nitro benzene ring substituents is 1. The first-order valence-corrected chi connectivity index (χ1v) is 7.68. The summed E-state index contributed by atoms with van der Waals surface area (Å²) in [5, 5.41) is 14.7. The predicted octanol–water partition coefficient (Wildman–Crippen LogP) is 3.65. The van der Waals surface area contributed by atoms with Crippen molar-refractivity contribution in [1.29, 1.82) is 0 Å². The molecule has 1 fully saturated rings. The lowest BCUT2D eigenvalue weighted by Crippen LogP contribution is -2.30. The molecule has 2 rings (SSSR count). The Bertz CT molecular complexity index is 487. The van der Waals surface area contributed by atoms with Crippen molar-refractivity contribution in [3.8, 4) is 0 Å². The van der Waals surface area contributed by atoms with Crippen LogP contribution in [-0.4, -0.2) is 11.0 Å². The normalized spacial score (nSPS) is 17.2. The van der Waals surface area contributed by atoms with Gasteiger partial charge in [-0.1, -0.05) is 32.3 Å². The molecule has 1 saturated carbocycles. The number of nitrogens with zero attached hydrogens (tertiary/aromatic N) is 1. The van der Waals surface area contributed by atoms with Crippen LogP contribution in [0.5, 0.6) is 0 Å². The molecule has 1 unspecified atom stereocenters. The number of nitro groups is 1. The number of hydrogen-bond acceptors (Lipinski definition) is 5. The van der Waals surface area contributed by atoms with Crippen molar-refractivity contribution in [1.82, 2.24) is 0 Å². The molecule has 0 spiro atoms. The van der Waals surface area contributed by atoms with Gasteiger partial charge in [-0.05, 0) is 37.3 Å². The third kappa shape index (κ3) is 3.64. The summed E-state index contributed by atoms with van der Waals surface area (Å²) in [5.74, 6) is 5.98. The summed E-state index contributed by atoms with van der Waals surface area (Å²) in [4.78, 5) is 10.9. The van der Waals surface area contributed by atoms with E-state index in [9.17, 15) is 10.1 Å². The number of hydrogen-bond donors (Lipinski definition) is 3. The number of nitrogen functional groups attached to an aromatic ring is 1. The molecule has 0 bridgehead atoms. The van der Waals surface area contributed by atoms with Crippen LogP contribution in [0.15, 0.2) is 18.2 Å². The molecule has 0 aromatic heterocycles. The molecule has 1 atom stereocenters. The Balaban J connectivity index is 2.22. The fourth-order valence-corrected chi connectivity index (χ4v) is 3.26. The van der Waals surface area contributed by atoms with E-state index < -0.39 is 0 Å². The standard InChI is InChI=1S/C15H24N4O2/c1-2-12(11-7-4-3-5-8-11)17-13-9-6-10-14(18-16)15(13)19(20)21/h6,9-12,17-18H,2-5,7-8,16H2,1H3. The number of nitrogens with one attached hydrogen (secondary N) is 2. The van der Waals surface area contributed by atoms with Gasteiger partial charge in [0, 0.05) is 6.04 Å². The van der Waals surface area contributed by atoms with Crippen molar-refractivity contribution < 1.29 is 4.92 Å². The van der Waals surface area contributed by atoms with Gasteiger partial charge in [0.15, 0.2) is 0 Å². The number of benzene rings is 1. The minimum Gasteiger partial charge on any atom is -0.376 e. The minimum absolute atomic E-state index is 0.0225. The zero-order chi connectivity index (χ0) is 15.2. The molecule has 0 heterocycles. The lowest BCUT2D eigenvalue weighted by molar-refractivity contribution is -0.383. The third-order valence-corrected chi connectivity index (χ3v) is 4.37. The van der Waals surface area contributed by atoms with Crippen LogP contribution < -0.4 is 16.6 Å². The van der Waals surface area contributed by atoms with E-state index in [0.717, 1.165) is 6.42 Å². The number of rotatable bonds is 6. The molecule has 0 radical (unpaired) electrons. The molecule has 1 aliphatic carbocycles. The van der Waals surface area contributed by atoms with Crippen molar-refractivity contribution in [3.05, 3.63) is 28.3 Å². The topological polar surface area (TPSA) is 93.2 Å². The Morgan fingerprint density at radius 1 is 1.33 bits per heavy atom. The van der Waals surface area contributed by atoms with E-state index in [0.29, 0.717) is 17.3 Å². The van der Waals surface area contributed by atoms with Gasteiger partial charge in [0.25, 0.3) is 0 Å². The molecule has 21 heavy (non-hydrogen) atoms. The maximum Gasteiger partial charge on any atom is 0.316 e. The van der Waals surface area contributed by atoms with Crippen molar-refractivity contribution >= 4 is 17.1 Å². The Morgan fingerprint density at radius 3 is 2.57 bits per heavy atom. The first kappa shape index (κ1) is 15.6. The highest BCUT2D eigenvalue weighted by Gasteiger charge is 2.26. The molecular weight excluding hydrogens is 268 g/mol. The minimum atomic E-state index is -0.384. The molecule has 6 nitrogen and oxygen atoms in total. The van der Waals surface area contributed by atoms with Gasteiger partial charge in [0.05, 0.1) is 4.92 Å². The first-order chi connectivity index (χ1) is 10.2. The van der Waals surface area contributed by atoms with Crippen LogP contribution in [-0.2, 0) is 0 Å². The second-order valence-corrected chi connectivity index (χ2v) is 5.66. The molecule has 4 N–H and O–H groups in total. The van der Waals surface area contributed by atoms with Crippen LogP contribution in [0.1, 0.15) is 45.4 Å². The van der Waals surface area contributed by atoms with Crippen LogP contribution in [0, 0.1) is 16.0 Å². The highest BCUT2D eigenvalue weighted by molar-refractivity contribution is 5.76. The van der Waals surface area contributed by atoms with Crippen LogP contribution in [0.25, 0.3) is 0 Å². The van der Waals surface area contributed by atoms with Gasteiger partial charge in [0.2, 0.25) is 0 Å². The lowest BCUT2D eigenvalue weighted by atomic mass is 9.83. The highest BCUT2D eigenvalue weighted by Crippen LogP contribution is 2.35. The number of anilines is 2. The van der Waals surface area contributed by atoms with Gasteiger partial charge >= 0.3 is 5.69 Å². The summed E-state index contributed by atoms with van der Waals surface area (Å²) in [6.07, 6.45) is 7.19. The Labute approximate surface area is 125 Å². The van der Waals surface area contributed by atoms with Crippen molar-refractivity contribution in [3.63, 3.8) is 0 Å². The maximum absolute atomic E-state index is 11.3. The molecule has 1 aliphatic rings. The maximum atomic E-state index is 11.3. The molecule has 0 saturated heterocycles. The number of para-hydroxylation sites is 1. The van der Waals surface area contributed by atoms with E-state index in [1.165, 1.54) is 32.1 Å². The van der Waals surface area contributed by atoms with E-state index in [4.69, 9.17) is 5.84 Å². The lowest BCUT2D eigenvalue weighted by Gasteiger charge is -2.31. The third-order valence-electron chi connectivity index (χ3n) is 4.37. The van der Waals surface area contributed by atoms with Crippen LogP contribution in [0.3, 0.4) is 0 Å². The Kier molecular flexibility index (Phi) is 5.38. The number of nitrogens with two attached hydrogens (primary N) is 1. The van der Waals surface area contributed by atoms with Crippen molar-refractivity contribution in [2.45, 2.75) is 51.5 Å². The van der Waals surface area contributed by atoms with Gasteiger partial charge < -0.3 is 10.7 Å². The Morgan fingerprint density at radius 2 is 2.00 bits per heavy atom. The zero-order valence-corrected chi connectivity index (χ0v) is 12.5. The smallest absolute Gasteiger partial charge is 0.316 e. The molecule has 1 aromatic carbocycles. The summed E-state index contributed by atoms with van der Waals surface area (Å²) < 4.78 is 0.